The molecule has 12 rings (SSSR count). The number of hydrogen-bond acceptors (Lipinski definition) is 3. The van der Waals surface area contributed by atoms with Gasteiger partial charge in [0.1, 0.15) is 0 Å². The van der Waals surface area contributed by atoms with Gasteiger partial charge in [0.15, 0.2) is 5.82 Å². The molecule has 11 aromatic rings. The van der Waals surface area contributed by atoms with E-state index in [0.29, 0.717) is 5.82 Å². The maximum atomic E-state index is 5.33. The van der Waals surface area contributed by atoms with Crippen LogP contribution in [0.25, 0.3) is 120 Å². The molecule has 0 amide bonds. The van der Waals surface area contributed by atoms with Gasteiger partial charge in [-0.25, -0.2) is 9.97 Å². The summed E-state index contributed by atoms with van der Waals surface area (Å²) >= 11 is 1.87. The molecular formula is C56H34N2S. The summed E-state index contributed by atoms with van der Waals surface area (Å²) in [6.45, 7) is 0. The van der Waals surface area contributed by atoms with Crippen LogP contribution in [-0.2, 0) is 0 Å². The number of nitrogens with zero attached hydrogens (tertiary/aromatic N) is 2. The van der Waals surface area contributed by atoms with Crippen molar-refractivity contribution in [2.45, 2.75) is 0 Å². The topological polar surface area (TPSA) is 25.8 Å². The molecule has 0 fully saturated rings. The molecule has 0 bridgehead atoms. The van der Waals surface area contributed by atoms with Gasteiger partial charge in [0.25, 0.3) is 0 Å². The van der Waals surface area contributed by atoms with Crippen LogP contribution in [0.2, 0.25) is 0 Å². The minimum absolute atomic E-state index is 0.704. The van der Waals surface area contributed by atoms with Crippen molar-refractivity contribution in [1.82, 2.24) is 9.97 Å². The second kappa shape index (κ2) is 13.6. The molecule has 274 valence electrons. The molecule has 0 saturated heterocycles. The average Bonchev–Trinajstić information content (AvgIpc) is 3.86. The number of fused-ring (bicyclic) bond motifs is 6. The predicted molar refractivity (Wildman–Crippen MR) is 249 cm³/mol. The maximum Gasteiger partial charge on any atom is 0.160 e. The Bertz CT molecular complexity index is 3350. The van der Waals surface area contributed by atoms with E-state index in [2.05, 4.69) is 182 Å². The third-order valence-corrected chi connectivity index (χ3v) is 13.1. The van der Waals surface area contributed by atoms with Crippen molar-refractivity contribution in [3.8, 4) is 89.5 Å². The molecular weight excluding hydrogens is 733 g/mol. The van der Waals surface area contributed by atoms with Crippen molar-refractivity contribution in [1.29, 1.82) is 0 Å². The fourth-order valence-electron chi connectivity index (χ4n) is 9.14. The van der Waals surface area contributed by atoms with Crippen LogP contribution in [-0.4, -0.2) is 9.97 Å². The highest BCUT2D eigenvalue weighted by Gasteiger charge is 2.24. The van der Waals surface area contributed by atoms with E-state index >= 15 is 0 Å². The van der Waals surface area contributed by atoms with Crippen LogP contribution in [0, 0.1) is 0 Å². The van der Waals surface area contributed by atoms with Crippen LogP contribution in [0.5, 0.6) is 0 Å². The third kappa shape index (κ3) is 5.55. The molecule has 9 aromatic carbocycles. The number of thiophene rings is 1. The summed E-state index contributed by atoms with van der Waals surface area (Å²) in [5.41, 5.74) is 17.2. The van der Waals surface area contributed by atoms with E-state index in [0.717, 1.165) is 39.2 Å². The first-order valence-electron chi connectivity index (χ1n) is 20.1. The number of aromatic nitrogens is 2. The van der Waals surface area contributed by atoms with Gasteiger partial charge in [0.05, 0.1) is 11.4 Å². The van der Waals surface area contributed by atoms with Crippen molar-refractivity contribution in [2.24, 2.45) is 0 Å². The first-order chi connectivity index (χ1) is 29.2. The van der Waals surface area contributed by atoms with Crippen molar-refractivity contribution >= 4 is 42.3 Å². The quantitative estimate of drug-likeness (QED) is 0.168. The predicted octanol–water partition coefficient (Wildman–Crippen LogP) is 15.6. The Morgan fingerprint density at radius 2 is 0.780 bits per heavy atom. The van der Waals surface area contributed by atoms with Gasteiger partial charge in [-0.1, -0.05) is 176 Å². The summed E-state index contributed by atoms with van der Waals surface area (Å²) in [6, 6.07) is 74.5. The number of benzene rings is 9. The van der Waals surface area contributed by atoms with Crippen molar-refractivity contribution in [2.75, 3.05) is 0 Å². The third-order valence-electron chi connectivity index (χ3n) is 11.8. The highest BCUT2D eigenvalue weighted by molar-refractivity contribution is 7.26. The normalized spacial score (nSPS) is 11.7. The second-order valence-corrected chi connectivity index (χ2v) is 16.3. The van der Waals surface area contributed by atoms with Gasteiger partial charge in [-0.3, -0.25) is 0 Å². The van der Waals surface area contributed by atoms with Crippen LogP contribution in [0.15, 0.2) is 206 Å². The molecule has 0 atom stereocenters. The minimum Gasteiger partial charge on any atom is -0.228 e. The zero-order chi connectivity index (χ0) is 38.9. The summed E-state index contributed by atoms with van der Waals surface area (Å²) in [5, 5.41) is 5.17. The Hall–Kier alpha value is -7.46. The van der Waals surface area contributed by atoms with Crippen LogP contribution in [0.3, 0.4) is 0 Å². The van der Waals surface area contributed by atoms with E-state index in [9.17, 15) is 0 Å². The first-order valence-corrected chi connectivity index (χ1v) is 20.9. The van der Waals surface area contributed by atoms with Gasteiger partial charge >= 0.3 is 0 Å². The fraction of sp³-hybridized carbons (Fsp3) is 0. The zero-order valence-electron chi connectivity index (χ0n) is 31.9. The SMILES string of the molecule is c1ccc(-c2cc(-c3cc(-c4ccccc4-c4ccc5c6c(cccc46)-c4ccccc4-5)cc(-c4cccc5c4sc4ccccc45)c3)nc(-c3ccccc3)n2)cc1. The van der Waals surface area contributed by atoms with Crippen molar-refractivity contribution in [3.05, 3.63) is 206 Å². The summed E-state index contributed by atoms with van der Waals surface area (Å²) in [6.07, 6.45) is 0. The van der Waals surface area contributed by atoms with Gasteiger partial charge < -0.3 is 0 Å². The first kappa shape index (κ1) is 33.7. The lowest BCUT2D eigenvalue weighted by Crippen LogP contribution is -1.97. The Balaban J connectivity index is 1.11. The Kier molecular flexibility index (Phi) is 7.75. The molecule has 0 radical (unpaired) electrons. The highest BCUT2D eigenvalue weighted by Crippen LogP contribution is 2.50. The average molecular weight is 767 g/mol. The molecule has 1 aliphatic carbocycles. The zero-order valence-corrected chi connectivity index (χ0v) is 32.7. The Labute approximate surface area is 346 Å². The number of rotatable bonds is 6. The van der Waals surface area contributed by atoms with Crippen LogP contribution >= 0.6 is 11.3 Å². The molecule has 0 spiro atoms. The van der Waals surface area contributed by atoms with E-state index in [1.54, 1.807) is 0 Å². The van der Waals surface area contributed by atoms with E-state index in [1.165, 1.54) is 75.5 Å². The molecule has 0 aliphatic heterocycles. The molecule has 59 heavy (non-hydrogen) atoms. The van der Waals surface area contributed by atoms with Gasteiger partial charge in [-0.05, 0) is 96.7 Å². The summed E-state index contributed by atoms with van der Waals surface area (Å²) in [7, 11) is 0. The Morgan fingerprint density at radius 3 is 1.53 bits per heavy atom. The van der Waals surface area contributed by atoms with Gasteiger partial charge in [0, 0.05) is 36.9 Å². The lowest BCUT2D eigenvalue weighted by Gasteiger charge is -2.17. The number of hydrogen-bond donors (Lipinski definition) is 0. The monoisotopic (exact) mass is 766 g/mol. The standard InChI is InChI=1S/C56H34N2S/c1-3-15-35(16-4-1)51-34-52(58-56(57-51)36-17-5-2-6-18-36)39-32-37(31-38(33-39)41-24-13-27-50-46-23-11-12-28-53(46)59-55(41)50)40-19-7-8-20-42(40)45-29-30-49-44-22-10-9-21-43(44)47-25-14-26-48(45)54(47)49/h1-34H. The molecule has 0 saturated carbocycles. The van der Waals surface area contributed by atoms with Gasteiger partial charge in [-0.2, -0.15) is 0 Å². The van der Waals surface area contributed by atoms with Crippen molar-refractivity contribution in [3.63, 3.8) is 0 Å². The molecule has 2 heterocycles. The fourth-order valence-corrected chi connectivity index (χ4v) is 10.4. The smallest absolute Gasteiger partial charge is 0.160 e. The molecule has 2 nitrogen and oxygen atoms in total. The van der Waals surface area contributed by atoms with Crippen LogP contribution in [0.1, 0.15) is 0 Å². The van der Waals surface area contributed by atoms with Crippen molar-refractivity contribution < 1.29 is 0 Å². The second-order valence-electron chi connectivity index (χ2n) is 15.3. The maximum absolute atomic E-state index is 5.33. The highest BCUT2D eigenvalue weighted by atomic mass is 32.1. The van der Waals surface area contributed by atoms with Crippen LogP contribution in [0.4, 0.5) is 0 Å². The summed E-state index contributed by atoms with van der Waals surface area (Å²) < 4.78 is 2.58. The molecule has 0 N–H and O–H groups in total. The minimum atomic E-state index is 0.704. The largest absolute Gasteiger partial charge is 0.228 e. The molecule has 3 heteroatoms. The van der Waals surface area contributed by atoms with Gasteiger partial charge in [-0.15, -0.1) is 11.3 Å². The van der Waals surface area contributed by atoms with E-state index < -0.39 is 0 Å². The van der Waals surface area contributed by atoms with E-state index in [4.69, 9.17) is 9.97 Å². The summed E-state index contributed by atoms with van der Waals surface area (Å²) in [5.74, 6) is 0.704. The van der Waals surface area contributed by atoms with E-state index in [-0.39, 0.29) is 0 Å². The lowest BCUT2D eigenvalue weighted by molar-refractivity contribution is 1.18. The summed E-state index contributed by atoms with van der Waals surface area (Å²) in [4.78, 5) is 10.5. The molecule has 2 aromatic heterocycles. The van der Waals surface area contributed by atoms with E-state index in [1.807, 2.05) is 35.6 Å². The molecule has 1 aliphatic rings. The van der Waals surface area contributed by atoms with Crippen LogP contribution < -0.4 is 0 Å². The molecule has 0 unspecified atom stereocenters. The van der Waals surface area contributed by atoms with Gasteiger partial charge in [0.2, 0.25) is 0 Å². The Morgan fingerprint density at radius 1 is 0.288 bits per heavy atom. The lowest BCUT2D eigenvalue weighted by atomic mass is 9.87.